The van der Waals surface area contributed by atoms with Crippen LogP contribution >= 0.6 is 0 Å². The van der Waals surface area contributed by atoms with Crippen molar-refractivity contribution < 1.29 is 9.59 Å². The van der Waals surface area contributed by atoms with E-state index in [0.717, 1.165) is 19.4 Å². The van der Waals surface area contributed by atoms with Crippen molar-refractivity contribution in [3.63, 3.8) is 0 Å². The minimum Gasteiger partial charge on any atom is -0.372 e. The number of anilines is 1. The molecule has 2 heterocycles. The molecule has 1 fully saturated rings. The zero-order valence-electron chi connectivity index (χ0n) is 14.2. The summed E-state index contributed by atoms with van der Waals surface area (Å²) in [7, 11) is 2.07. The van der Waals surface area contributed by atoms with Gasteiger partial charge in [-0.2, -0.15) is 0 Å². The molecule has 1 saturated heterocycles. The number of nitrogens with zero attached hydrogens (tertiary/aromatic N) is 3. The van der Waals surface area contributed by atoms with Crippen molar-refractivity contribution in [3.05, 3.63) is 29.8 Å². The molecule has 0 aliphatic carbocycles. The largest absolute Gasteiger partial charge is 0.372 e. The van der Waals surface area contributed by atoms with Gasteiger partial charge in [-0.3, -0.25) is 9.59 Å². The Balaban J connectivity index is 1.87. The van der Waals surface area contributed by atoms with Crippen LogP contribution in [0.1, 0.15) is 32.3 Å². The van der Waals surface area contributed by atoms with Crippen LogP contribution in [-0.2, 0) is 16.1 Å². The second-order valence-corrected chi connectivity index (χ2v) is 6.69. The summed E-state index contributed by atoms with van der Waals surface area (Å²) < 4.78 is 0. The molecule has 0 N–H and O–H groups in total. The van der Waals surface area contributed by atoms with Crippen molar-refractivity contribution in [2.24, 2.45) is 0 Å². The maximum Gasteiger partial charge on any atom is 0.245 e. The molecular weight excluding hydrogens is 290 g/mol. The Hall–Kier alpha value is -2.04. The van der Waals surface area contributed by atoms with Gasteiger partial charge in [0.05, 0.1) is 0 Å². The van der Waals surface area contributed by atoms with Crippen molar-refractivity contribution in [1.29, 1.82) is 0 Å². The lowest BCUT2D eigenvalue weighted by Crippen LogP contribution is -2.51. The van der Waals surface area contributed by atoms with E-state index in [4.69, 9.17) is 0 Å². The molecule has 2 amide bonds. The van der Waals surface area contributed by atoms with Crippen molar-refractivity contribution in [1.82, 2.24) is 9.80 Å². The van der Waals surface area contributed by atoms with Gasteiger partial charge in [0.2, 0.25) is 11.8 Å². The number of carbonyl (C=O) groups is 2. The molecule has 1 aromatic rings. The molecule has 23 heavy (non-hydrogen) atoms. The van der Waals surface area contributed by atoms with Crippen LogP contribution in [-0.4, -0.2) is 53.8 Å². The SMILES string of the molecule is CC(=O)N1CCC[C@@H]1C(=O)N1Cc2ccccc2N(C)C[C@H]1C. The van der Waals surface area contributed by atoms with Gasteiger partial charge in [-0.25, -0.2) is 0 Å². The van der Waals surface area contributed by atoms with Gasteiger partial charge in [0.15, 0.2) is 0 Å². The second kappa shape index (κ2) is 6.22. The highest BCUT2D eigenvalue weighted by Crippen LogP contribution is 2.28. The highest BCUT2D eigenvalue weighted by molar-refractivity contribution is 5.88. The van der Waals surface area contributed by atoms with Crippen LogP contribution in [0.2, 0.25) is 0 Å². The molecule has 0 aromatic heterocycles. The zero-order chi connectivity index (χ0) is 16.6. The van der Waals surface area contributed by atoms with E-state index in [9.17, 15) is 9.59 Å². The van der Waals surface area contributed by atoms with Gasteiger partial charge in [-0.05, 0) is 31.4 Å². The number of fused-ring (bicyclic) bond motifs is 1. The van der Waals surface area contributed by atoms with E-state index >= 15 is 0 Å². The number of rotatable bonds is 1. The normalized spacial score (nSPS) is 24.4. The van der Waals surface area contributed by atoms with Gasteiger partial charge in [-0.1, -0.05) is 18.2 Å². The number of carbonyl (C=O) groups excluding carboxylic acids is 2. The monoisotopic (exact) mass is 315 g/mol. The molecule has 124 valence electrons. The predicted molar refractivity (Wildman–Crippen MR) is 90.1 cm³/mol. The molecule has 2 aliphatic rings. The van der Waals surface area contributed by atoms with Crippen LogP contribution in [0.5, 0.6) is 0 Å². The number of hydrogen-bond acceptors (Lipinski definition) is 3. The van der Waals surface area contributed by atoms with Gasteiger partial charge in [0.1, 0.15) is 6.04 Å². The topological polar surface area (TPSA) is 43.9 Å². The van der Waals surface area contributed by atoms with E-state index in [0.29, 0.717) is 13.1 Å². The van der Waals surface area contributed by atoms with Crippen molar-refractivity contribution in [2.45, 2.75) is 45.3 Å². The van der Waals surface area contributed by atoms with Crippen LogP contribution in [0.4, 0.5) is 5.69 Å². The Morgan fingerprint density at radius 1 is 1.17 bits per heavy atom. The second-order valence-electron chi connectivity index (χ2n) is 6.69. The minimum absolute atomic E-state index is 0.000781. The summed E-state index contributed by atoms with van der Waals surface area (Å²) in [6.45, 7) is 5.76. The fourth-order valence-electron chi connectivity index (χ4n) is 3.84. The molecule has 0 radical (unpaired) electrons. The fraction of sp³-hybridized carbons (Fsp3) is 0.556. The summed E-state index contributed by atoms with van der Waals surface area (Å²) >= 11 is 0. The average molecular weight is 315 g/mol. The van der Waals surface area contributed by atoms with E-state index in [1.165, 1.54) is 11.3 Å². The molecule has 5 heteroatoms. The Bertz CT molecular complexity index is 616. The average Bonchev–Trinajstić information content (AvgIpc) is 2.97. The lowest BCUT2D eigenvalue weighted by Gasteiger charge is -2.33. The molecule has 0 saturated carbocycles. The lowest BCUT2D eigenvalue weighted by atomic mass is 10.1. The summed E-state index contributed by atoms with van der Waals surface area (Å²) in [5.41, 5.74) is 2.35. The number of amides is 2. The Morgan fingerprint density at radius 2 is 1.91 bits per heavy atom. The summed E-state index contributed by atoms with van der Waals surface area (Å²) in [6, 6.07) is 8.07. The highest BCUT2D eigenvalue weighted by atomic mass is 16.2. The van der Waals surface area contributed by atoms with Gasteiger partial charge in [0.25, 0.3) is 0 Å². The maximum atomic E-state index is 13.1. The lowest BCUT2D eigenvalue weighted by molar-refractivity contribution is -0.144. The maximum absolute atomic E-state index is 13.1. The quantitative estimate of drug-likeness (QED) is 0.794. The number of likely N-dealkylation sites (tertiary alicyclic amines) is 1. The number of hydrogen-bond donors (Lipinski definition) is 0. The van der Waals surface area contributed by atoms with Crippen molar-refractivity contribution in [3.8, 4) is 0 Å². The van der Waals surface area contributed by atoms with Crippen LogP contribution in [0.25, 0.3) is 0 Å². The third-order valence-electron chi connectivity index (χ3n) is 5.04. The Kier molecular flexibility index (Phi) is 4.28. The molecule has 5 nitrogen and oxygen atoms in total. The zero-order valence-corrected chi connectivity index (χ0v) is 14.2. The number of para-hydroxylation sites is 1. The first-order valence-electron chi connectivity index (χ1n) is 8.35. The summed E-state index contributed by atoms with van der Waals surface area (Å²) in [5, 5.41) is 0. The predicted octanol–water partition coefficient (Wildman–Crippen LogP) is 1.86. The Morgan fingerprint density at radius 3 is 2.65 bits per heavy atom. The van der Waals surface area contributed by atoms with E-state index in [1.54, 1.807) is 11.8 Å². The number of benzene rings is 1. The van der Waals surface area contributed by atoms with Crippen molar-refractivity contribution >= 4 is 17.5 Å². The molecule has 1 aromatic carbocycles. The first-order valence-corrected chi connectivity index (χ1v) is 8.35. The summed E-state index contributed by atoms with van der Waals surface area (Å²) in [6.07, 6.45) is 1.69. The van der Waals surface area contributed by atoms with Crippen LogP contribution < -0.4 is 4.90 Å². The van der Waals surface area contributed by atoms with Crippen LogP contribution in [0.3, 0.4) is 0 Å². The third-order valence-corrected chi connectivity index (χ3v) is 5.04. The Labute approximate surface area is 137 Å². The third kappa shape index (κ3) is 2.92. The van der Waals surface area contributed by atoms with Gasteiger partial charge in [0, 0.05) is 45.3 Å². The standard InChI is InChI=1S/C18H25N3O2/c1-13-11-19(3)16-8-5-4-7-15(16)12-21(13)18(23)17-9-6-10-20(17)14(2)22/h4-5,7-8,13,17H,6,9-12H2,1-3H3/t13-,17-/m1/s1. The summed E-state index contributed by atoms with van der Waals surface area (Å²) in [4.78, 5) is 30.8. The van der Waals surface area contributed by atoms with E-state index in [-0.39, 0.29) is 23.9 Å². The number of likely N-dealkylation sites (N-methyl/N-ethyl adjacent to an activating group) is 1. The molecular formula is C18H25N3O2. The van der Waals surface area contributed by atoms with E-state index in [1.807, 2.05) is 17.0 Å². The van der Waals surface area contributed by atoms with E-state index < -0.39 is 0 Å². The van der Waals surface area contributed by atoms with Gasteiger partial charge < -0.3 is 14.7 Å². The molecule has 0 spiro atoms. The molecule has 2 aliphatic heterocycles. The van der Waals surface area contributed by atoms with Crippen molar-refractivity contribution in [2.75, 3.05) is 25.0 Å². The smallest absolute Gasteiger partial charge is 0.245 e. The first kappa shape index (κ1) is 15.8. The van der Waals surface area contributed by atoms with Crippen LogP contribution in [0.15, 0.2) is 24.3 Å². The molecule has 0 bridgehead atoms. The van der Waals surface area contributed by atoms with E-state index in [2.05, 4.69) is 31.0 Å². The highest BCUT2D eigenvalue weighted by Gasteiger charge is 2.37. The van der Waals surface area contributed by atoms with Crippen LogP contribution in [0, 0.1) is 0 Å². The van der Waals surface area contributed by atoms with Gasteiger partial charge >= 0.3 is 0 Å². The fourth-order valence-corrected chi connectivity index (χ4v) is 3.84. The molecule has 2 atom stereocenters. The minimum atomic E-state index is -0.287. The summed E-state index contributed by atoms with van der Waals surface area (Å²) in [5.74, 6) is 0.0937. The molecule has 0 unspecified atom stereocenters. The molecule has 3 rings (SSSR count). The van der Waals surface area contributed by atoms with Gasteiger partial charge in [-0.15, -0.1) is 0 Å². The first-order chi connectivity index (χ1) is 11.0.